The summed E-state index contributed by atoms with van der Waals surface area (Å²) in [4.78, 5) is 15.4. The zero-order valence-electron chi connectivity index (χ0n) is 17.8. The number of ether oxygens (including phenoxy) is 1. The molecule has 0 radical (unpaired) electrons. The Kier molecular flexibility index (Phi) is 8.07. The van der Waals surface area contributed by atoms with Crippen molar-refractivity contribution in [2.24, 2.45) is 5.41 Å². The zero-order chi connectivity index (χ0) is 21.2. The van der Waals surface area contributed by atoms with Gasteiger partial charge in [0.25, 0.3) is 0 Å². The molecule has 0 aromatic heterocycles. The van der Waals surface area contributed by atoms with Crippen molar-refractivity contribution in [2.45, 2.75) is 39.2 Å². The molecule has 2 aromatic rings. The Morgan fingerprint density at radius 1 is 1.13 bits per heavy atom. The monoisotopic (exact) mass is 405 g/mol. The summed E-state index contributed by atoms with van der Waals surface area (Å²) in [5, 5.41) is 8.84. The Labute approximate surface area is 179 Å². The summed E-state index contributed by atoms with van der Waals surface area (Å²) in [6.45, 7) is 4.87. The minimum atomic E-state index is -0.495. The van der Waals surface area contributed by atoms with Crippen LogP contribution in [-0.2, 0) is 22.5 Å². The van der Waals surface area contributed by atoms with E-state index < -0.39 is 5.41 Å². The molecule has 0 unspecified atom stereocenters. The highest BCUT2D eigenvalue weighted by Crippen LogP contribution is 2.36. The lowest BCUT2D eigenvalue weighted by Crippen LogP contribution is -2.49. The summed E-state index contributed by atoms with van der Waals surface area (Å²) in [5.41, 5.74) is 2.85. The first-order valence-electron chi connectivity index (χ1n) is 10.8. The van der Waals surface area contributed by atoms with Crippen LogP contribution in [0.15, 0.2) is 54.6 Å². The van der Waals surface area contributed by atoms with E-state index in [0.29, 0.717) is 26.0 Å². The van der Waals surface area contributed by atoms with Crippen molar-refractivity contribution in [1.29, 1.82) is 0 Å². The first-order valence-corrected chi connectivity index (χ1v) is 10.8. The van der Waals surface area contributed by atoms with Gasteiger partial charge in [-0.25, -0.2) is 0 Å². The molecular weight excluding hydrogens is 374 g/mol. The third-order valence-corrected chi connectivity index (χ3v) is 5.58. The van der Waals surface area contributed by atoms with Crippen LogP contribution in [-0.4, -0.2) is 42.3 Å². The van der Waals surface area contributed by atoms with E-state index >= 15 is 0 Å². The molecule has 0 aliphatic carbocycles. The fourth-order valence-electron chi connectivity index (χ4n) is 4.19. The van der Waals surface area contributed by atoms with E-state index in [1.807, 2.05) is 37.3 Å². The molecule has 0 amide bonds. The maximum atomic E-state index is 13.0. The van der Waals surface area contributed by atoms with Gasteiger partial charge in [0.15, 0.2) is 0 Å². The number of carbonyl (C=O) groups is 1. The lowest BCUT2D eigenvalue weighted by atomic mass is 9.75. The quantitative estimate of drug-likeness (QED) is 0.562. The van der Waals surface area contributed by atoms with E-state index in [1.165, 1.54) is 11.1 Å². The fourth-order valence-corrected chi connectivity index (χ4v) is 4.19. The maximum absolute atomic E-state index is 13.0. The van der Waals surface area contributed by atoms with Gasteiger partial charge in [-0.15, -0.1) is 0 Å². The second-order valence-electron chi connectivity index (χ2n) is 7.95. The van der Waals surface area contributed by atoms with Gasteiger partial charge in [0.2, 0.25) is 0 Å². The van der Waals surface area contributed by atoms with Gasteiger partial charge < -0.3 is 9.84 Å². The summed E-state index contributed by atoms with van der Waals surface area (Å²) in [7, 11) is 0. The molecule has 30 heavy (non-hydrogen) atoms. The topological polar surface area (TPSA) is 49.8 Å². The standard InChI is InChI=1S/C26H31NO3/c1-2-30-25(29)26(19-23-10-4-3-5-11-23)16-8-17-27(21-26)20-24-14-12-22(13-15-24)9-6-7-18-28/h3-5,10-15,28H,2,7-8,16-21H2,1H3/t26-/m0/s1. The Morgan fingerprint density at radius 2 is 1.90 bits per heavy atom. The van der Waals surface area contributed by atoms with E-state index in [0.717, 1.165) is 31.5 Å². The van der Waals surface area contributed by atoms with Crippen molar-refractivity contribution in [3.8, 4) is 11.8 Å². The van der Waals surface area contributed by atoms with E-state index in [4.69, 9.17) is 9.84 Å². The van der Waals surface area contributed by atoms with Gasteiger partial charge in [-0.05, 0) is 56.0 Å². The Balaban J connectivity index is 1.72. The van der Waals surface area contributed by atoms with Crippen LogP contribution in [0.4, 0.5) is 0 Å². The van der Waals surface area contributed by atoms with Gasteiger partial charge in [0, 0.05) is 25.1 Å². The van der Waals surface area contributed by atoms with E-state index in [9.17, 15) is 4.79 Å². The zero-order valence-corrected chi connectivity index (χ0v) is 17.8. The first kappa shape index (κ1) is 22.1. The summed E-state index contributed by atoms with van der Waals surface area (Å²) >= 11 is 0. The Morgan fingerprint density at radius 3 is 2.60 bits per heavy atom. The minimum Gasteiger partial charge on any atom is -0.466 e. The van der Waals surface area contributed by atoms with Crippen molar-refractivity contribution >= 4 is 5.97 Å². The largest absolute Gasteiger partial charge is 0.466 e. The van der Waals surface area contributed by atoms with Crippen LogP contribution in [0, 0.1) is 17.3 Å². The van der Waals surface area contributed by atoms with Crippen molar-refractivity contribution in [3.05, 3.63) is 71.3 Å². The number of rotatable bonds is 7. The van der Waals surface area contributed by atoms with Crippen LogP contribution in [0.5, 0.6) is 0 Å². The molecule has 1 aliphatic heterocycles. The van der Waals surface area contributed by atoms with Gasteiger partial charge in [0.05, 0.1) is 18.6 Å². The molecule has 1 fully saturated rings. The van der Waals surface area contributed by atoms with Crippen LogP contribution in [0.25, 0.3) is 0 Å². The number of nitrogens with zero attached hydrogens (tertiary/aromatic N) is 1. The Bertz CT molecular complexity index is 867. The predicted octanol–water partition coefficient (Wildman–Crippen LogP) is 3.81. The number of esters is 1. The number of hydrogen-bond donors (Lipinski definition) is 1. The molecule has 2 aromatic carbocycles. The highest BCUT2D eigenvalue weighted by Gasteiger charge is 2.43. The molecule has 0 bridgehead atoms. The van der Waals surface area contributed by atoms with Gasteiger partial charge >= 0.3 is 5.97 Å². The first-order chi connectivity index (χ1) is 14.6. The van der Waals surface area contributed by atoms with Crippen molar-refractivity contribution < 1.29 is 14.6 Å². The molecule has 3 rings (SSSR count). The minimum absolute atomic E-state index is 0.0759. The van der Waals surface area contributed by atoms with Crippen molar-refractivity contribution in [2.75, 3.05) is 26.3 Å². The number of piperidine rings is 1. The van der Waals surface area contributed by atoms with Crippen LogP contribution in [0.2, 0.25) is 0 Å². The molecule has 158 valence electrons. The number of benzene rings is 2. The van der Waals surface area contributed by atoms with Crippen LogP contribution < -0.4 is 0 Å². The molecule has 1 heterocycles. The lowest BCUT2D eigenvalue weighted by molar-refractivity contribution is -0.159. The van der Waals surface area contributed by atoms with Crippen LogP contribution >= 0.6 is 0 Å². The number of carbonyl (C=O) groups excluding carboxylic acids is 1. The smallest absolute Gasteiger partial charge is 0.313 e. The SMILES string of the molecule is CCOC(=O)[C@]1(Cc2ccccc2)CCCN(Cc2ccc(C#CCCO)cc2)C1. The number of aliphatic hydroxyl groups is 1. The molecule has 1 N–H and O–H groups in total. The fraction of sp³-hybridized carbons (Fsp3) is 0.423. The highest BCUT2D eigenvalue weighted by atomic mass is 16.5. The average molecular weight is 406 g/mol. The third-order valence-electron chi connectivity index (χ3n) is 5.58. The van der Waals surface area contributed by atoms with E-state index in [2.05, 4.69) is 41.0 Å². The van der Waals surface area contributed by atoms with E-state index in [1.54, 1.807) is 0 Å². The van der Waals surface area contributed by atoms with Gasteiger partial charge in [-0.3, -0.25) is 9.69 Å². The average Bonchev–Trinajstić information content (AvgIpc) is 2.76. The lowest BCUT2D eigenvalue weighted by Gasteiger charge is -2.41. The molecule has 1 saturated heterocycles. The van der Waals surface area contributed by atoms with Gasteiger partial charge in [0.1, 0.15) is 0 Å². The molecule has 0 saturated carbocycles. The molecule has 1 aliphatic rings. The normalized spacial score (nSPS) is 19.0. The second-order valence-corrected chi connectivity index (χ2v) is 7.95. The van der Waals surface area contributed by atoms with Gasteiger partial charge in [-0.2, -0.15) is 0 Å². The summed E-state index contributed by atoms with van der Waals surface area (Å²) in [6.07, 6.45) is 3.04. The van der Waals surface area contributed by atoms with Crippen molar-refractivity contribution in [3.63, 3.8) is 0 Å². The van der Waals surface area contributed by atoms with Crippen LogP contribution in [0.3, 0.4) is 0 Å². The predicted molar refractivity (Wildman–Crippen MR) is 119 cm³/mol. The summed E-state index contributed by atoms with van der Waals surface area (Å²) in [6, 6.07) is 18.5. The second kappa shape index (κ2) is 11.0. The molecule has 1 atom stereocenters. The summed E-state index contributed by atoms with van der Waals surface area (Å²) in [5.74, 6) is 5.93. The summed E-state index contributed by atoms with van der Waals surface area (Å²) < 4.78 is 5.52. The van der Waals surface area contributed by atoms with Gasteiger partial charge in [-0.1, -0.05) is 54.3 Å². The molecule has 4 nitrogen and oxygen atoms in total. The number of likely N-dealkylation sites (tertiary alicyclic amines) is 1. The number of hydrogen-bond acceptors (Lipinski definition) is 4. The molecule has 0 spiro atoms. The van der Waals surface area contributed by atoms with Crippen LogP contribution in [0.1, 0.15) is 42.9 Å². The Hall–Kier alpha value is -2.61. The van der Waals surface area contributed by atoms with Crippen molar-refractivity contribution in [1.82, 2.24) is 4.90 Å². The molecular formula is C26H31NO3. The maximum Gasteiger partial charge on any atom is 0.313 e. The van der Waals surface area contributed by atoms with E-state index in [-0.39, 0.29) is 12.6 Å². The number of aliphatic hydroxyl groups excluding tert-OH is 1. The molecule has 4 heteroatoms. The highest BCUT2D eigenvalue weighted by molar-refractivity contribution is 5.77. The third kappa shape index (κ3) is 5.95.